The van der Waals surface area contributed by atoms with Gasteiger partial charge >= 0.3 is 0 Å². The van der Waals surface area contributed by atoms with Crippen LogP contribution in [0.1, 0.15) is 31.2 Å². The molecule has 0 aliphatic carbocycles. The van der Waals surface area contributed by atoms with Gasteiger partial charge in [-0.25, -0.2) is 16.8 Å². The monoisotopic (exact) mass is 428 g/mol. The van der Waals surface area contributed by atoms with Crippen molar-refractivity contribution in [3.05, 3.63) is 29.8 Å². The molecule has 28 heavy (non-hydrogen) atoms. The molecule has 2 aliphatic rings. The largest absolute Gasteiger partial charge is 0.351 e. The number of nitrogens with one attached hydrogen (secondary N) is 1. The van der Waals surface area contributed by atoms with Crippen LogP contribution in [-0.2, 0) is 24.5 Å². The lowest BCUT2D eigenvalue weighted by atomic mass is 10.0. The second-order valence-electron chi connectivity index (χ2n) is 7.80. The summed E-state index contributed by atoms with van der Waals surface area (Å²) in [5, 5.41) is 2.79. The summed E-state index contributed by atoms with van der Waals surface area (Å²) in [6.45, 7) is 3.56. The van der Waals surface area contributed by atoms with Crippen LogP contribution in [0.3, 0.4) is 0 Å². The summed E-state index contributed by atoms with van der Waals surface area (Å²) < 4.78 is 49.1. The second-order valence-corrected chi connectivity index (χ2v) is 12.1. The molecule has 0 saturated carbocycles. The molecule has 2 aliphatic heterocycles. The fourth-order valence-corrected chi connectivity index (χ4v) is 7.14. The van der Waals surface area contributed by atoms with Gasteiger partial charge in [-0.2, -0.15) is 0 Å². The van der Waals surface area contributed by atoms with Crippen molar-refractivity contribution in [2.45, 2.75) is 49.6 Å². The molecule has 156 valence electrons. The van der Waals surface area contributed by atoms with Crippen molar-refractivity contribution >= 4 is 25.6 Å². The summed E-state index contributed by atoms with van der Waals surface area (Å²) in [6.07, 6.45) is 3.03. The average molecular weight is 429 g/mol. The van der Waals surface area contributed by atoms with Crippen LogP contribution in [0.15, 0.2) is 29.2 Å². The van der Waals surface area contributed by atoms with Crippen LogP contribution >= 0.6 is 0 Å². The maximum atomic E-state index is 12.4. The maximum absolute atomic E-state index is 12.4. The molecule has 2 fully saturated rings. The molecule has 7 nitrogen and oxygen atoms in total. The zero-order valence-electron chi connectivity index (χ0n) is 16.1. The van der Waals surface area contributed by atoms with Crippen molar-refractivity contribution in [1.29, 1.82) is 0 Å². The summed E-state index contributed by atoms with van der Waals surface area (Å²) >= 11 is 0. The van der Waals surface area contributed by atoms with Gasteiger partial charge in [-0.3, -0.25) is 9.69 Å². The quantitative estimate of drug-likeness (QED) is 0.723. The highest BCUT2D eigenvalue weighted by Gasteiger charge is 2.41. The van der Waals surface area contributed by atoms with Gasteiger partial charge in [0.2, 0.25) is 5.91 Å². The fourth-order valence-electron chi connectivity index (χ4n) is 3.95. The zero-order valence-corrected chi connectivity index (χ0v) is 17.8. The number of amides is 1. The third-order valence-electron chi connectivity index (χ3n) is 5.51. The predicted molar refractivity (Wildman–Crippen MR) is 108 cm³/mol. The molecule has 1 aromatic rings. The molecule has 9 heteroatoms. The van der Waals surface area contributed by atoms with E-state index in [2.05, 4.69) is 10.2 Å². The van der Waals surface area contributed by atoms with Gasteiger partial charge in [0.1, 0.15) is 0 Å². The summed E-state index contributed by atoms with van der Waals surface area (Å²) in [4.78, 5) is 14.7. The Morgan fingerprint density at radius 2 is 1.75 bits per heavy atom. The van der Waals surface area contributed by atoms with Gasteiger partial charge in [0.05, 0.1) is 28.2 Å². The minimum atomic E-state index is -3.55. The second kappa shape index (κ2) is 8.51. The lowest BCUT2D eigenvalue weighted by Gasteiger charge is -2.35. The molecule has 0 spiro atoms. The summed E-state index contributed by atoms with van der Waals surface area (Å²) in [5.41, 5.74) is 0.961. The molecule has 0 aromatic heterocycles. The predicted octanol–water partition coefficient (Wildman–Crippen LogP) is 0.927. The molecule has 2 unspecified atom stereocenters. The van der Waals surface area contributed by atoms with E-state index in [-0.39, 0.29) is 34.6 Å². The van der Waals surface area contributed by atoms with E-state index in [1.807, 2.05) is 6.92 Å². The Balaban J connectivity index is 1.60. The normalized spacial score (nSPS) is 25.5. The number of carbonyl (C=O) groups is 1. The third kappa shape index (κ3) is 5.33. The minimum absolute atomic E-state index is 0.0552. The van der Waals surface area contributed by atoms with Gasteiger partial charge in [-0.1, -0.05) is 24.1 Å². The number of hydrogen-bond donors (Lipinski definition) is 1. The van der Waals surface area contributed by atoms with Gasteiger partial charge in [0, 0.05) is 12.5 Å². The van der Waals surface area contributed by atoms with Gasteiger partial charge in [0.15, 0.2) is 19.7 Å². The number of hydrogen-bond acceptors (Lipinski definition) is 6. The number of piperidine rings is 1. The Hall–Kier alpha value is -1.45. The van der Waals surface area contributed by atoms with Gasteiger partial charge in [-0.05, 0) is 45.0 Å². The number of rotatable bonds is 6. The minimum Gasteiger partial charge on any atom is -0.351 e. The summed E-state index contributed by atoms with van der Waals surface area (Å²) in [6, 6.07) is 5.83. The molecule has 0 bridgehead atoms. The van der Waals surface area contributed by atoms with Gasteiger partial charge < -0.3 is 5.32 Å². The van der Waals surface area contributed by atoms with E-state index in [0.29, 0.717) is 0 Å². The van der Waals surface area contributed by atoms with Crippen LogP contribution in [0.2, 0.25) is 0 Å². The molecule has 1 N–H and O–H groups in total. The van der Waals surface area contributed by atoms with Crippen LogP contribution in [0.25, 0.3) is 0 Å². The van der Waals surface area contributed by atoms with Crippen molar-refractivity contribution in [3.63, 3.8) is 0 Å². The number of benzene rings is 1. The highest BCUT2D eigenvalue weighted by molar-refractivity contribution is 7.91. The number of aryl methyl sites for hydroxylation is 1. The van der Waals surface area contributed by atoms with Gasteiger partial charge in [0.25, 0.3) is 0 Å². The Bertz CT molecular complexity index is 904. The summed E-state index contributed by atoms with van der Waals surface area (Å²) in [5.74, 6) is -0.736. The van der Waals surface area contributed by atoms with E-state index in [1.54, 1.807) is 24.3 Å². The van der Waals surface area contributed by atoms with E-state index in [9.17, 15) is 21.6 Å². The van der Waals surface area contributed by atoms with Crippen molar-refractivity contribution in [3.8, 4) is 0 Å². The fraction of sp³-hybridized carbons (Fsp3) is 0.632. The van der Waals surface area contributed by atoms with Crippen LogP contribution < -0.4 is 5.32 Å². The standard InChI is InChI=1S/C19H28N2O5S2/c1-15-5-7-16(8-6-15)28(25,26)12-9-19(22)20-17-13-27(23,24)14-18(17)21-10-3-2-4-11-21/h5-8,17-18H,2-4,9-14H2,1H3,(H,20,22). The maximum Gasteiger partial charge on any atom is 0.221 e. The smallest absolute Gasteiger partial charge is 0.221 e. The van der Waals surface area contributed by atoms with Crippen molar-refractivity contribution in [2.24, 2.45) is 0 Å². The molecule has 1 aromatic carbocycles. The molecule has 1 amide bonds. The molecule has 3 rings (SSSR count). The number of sulfone groups is 2. The van der Waals surface area contributed by atoms with Crippen LogP contribution in [0.4, 0.5) is 0 Å². The highest BCUT2D eigenvalue weighted by Crippen LogP contribution is 2.22. The Labute approximate surface area is 167 Å². The average Bonchev–Trinajstić information content (AvgIpc) is 2.95. The van der Waals surface area contributed by atoms with E-state index in [0.717, 1.165) is 37.9 Å². The van der Waals surface area contributed by atoms with Crippen molar-refractivity contribution in [1.82, 2.24) is 10.2 Å². The first-order chi connectivity index (χ1) is 13.2. The SMILES string of the molecule is Cc1ccc(S(=O)(=O)CCC(=O)NC2CS(=O)(=O)CC2N2CCCCC2)cc1. The first-order valence-corrected chi connectivity index (χ1v) is 13.2. The first-order valence-electron chi connectivity index (χ1n) is 9.70. The molecular weight excluding hydrogens is 400 g/mol. The molecule has 2 saturated heterocycles. The number of nitrogens with zero attached hydrogens (tertiary/aromatic N) is 1. The topological polar surface area (TPSA) is 101 Å². The first kappa shape index (κ1) is 21.3. The number of likely N-dealkylation sites (tertiary alicyclic amines) is 1. The molecule has 2 atom stereocenters. The molecular formula is C19H28N2O5S2. The van der Waals surface area contributed by atoms with Crippen LogP contribution in [0.5, 0.6) is 0 Å². The lowest BCUT2D eigenvalue weighted by Crippen LogP contribution is -2.52. The summed E-state index contributed by atoms with van der Waals surface area (Å²) in [7, 11) is -6.76. The van der Waals surface area contributed by atoms with E-state index in [1.165, 1.54) is 0 Å². The highest BCUT2D eigenvalue weighted by atomic mass is 32.2. The van der Waals surface area contributed by atoms with Gasteiger partial charge in [-0.15, -0.1) is 0 Å². The lowest BCUT2D eigenvalue weighted by molar-refractivity contribution is -0.121. The Morgan fingerprint density at radius 3 is 2.39 bits per heavy atom. The van der Waals surface area contributed by atoms with E-state index < -0.39 is 31.6 Å². The Kier molecular flexibility index (Phi) is 6.46. The van der Waals surface area contributed by atoms with Crippen LogP contribution in [0, 0.1) is 6.92 Å². The Morgan fingerprint density at radius 1 is 1.11 bits per heavy atom. The van der Waals surface area contributed by atoms with E-state index in [4.69, 9.17) is 0 Å². The molecule has 2 heterocycles. The molecule has 0 radical (unpaired) electrons. The van der Waals surface area contributed by atoms with Crippen molar-refractivity contribution in [2.75, 3.05) is 30.3 Å². The number of carbonyl (C=O) groups excluding carboxylic acids is 1. The van der Waals surface area contributed by atoms with E-state index >= 15 is 0 Å². The third-order valence-corrected chi connectivity index (χ3v) is 8.96. The zero-order chi connectivity index (χ0) is 20.4. The van der Waals surface area contributed by atoms with Crippen LogP contribution in [-0.4, -0.2) is 70.1 Å². The van der Waals surface area contributed by atoms with Crippen molar-refractivity contribution < 1.29 is 21.6 Å².